The zero-order valence-corrected chi connectivity index (χ0v) is 16.7. The minimum absolute atomic E-state index is 0.0513. The number of nitrogens with zero attached hydrogens (tertiary/aromatic N) is 4. The molecule has 2 aromatic carbocycles. The fourth-order valence-corrected chi connectivity index (χ4v) is 3.33. The van der Waals surface area contributed by atoms with Gasteiger partial charge in [0.15, 0.2) is 0 Å². The van der Waals surface area contributed by atoms with Crippen molar-refractivity contribution in [2.45, 2.75) is 13.3 Å². The van der Waals surface area contributed by atoms with Crippen LogP contribution in [0.2, 0.25) is 0 Å². The van der Waals surface area contributed by atoms with Crippen molar-refractivity contribution in [2.24, 2.45) is 5.10 Å². The van der Waals surface area contributed by atoms with E-state index in [1.54, 1.807) is 24.1 Å². The second kappa shape index (κ2) is 9.07. The van der Waals surface area contributed by atoms with Crippen LogP contribution in [0.15, 0.2) is 59.0 Å². The van der Waals surface area contributed by atoms with Gasteiger partial charge in [0.1, 0.15) is 5.69 Å². The summed E-state index contributed by atoms with van der Waals surface area (Å²) in [4.78, 5) is 29.0. The van der Waals surface area contributed by atoms with Crippen LogP contribution in [0.5, 0.6) is 0 Å². The highest BCUT2D eigenvalue weighted by Crippen LogP contribution is 2.32. The van der Waals surface area contributed by atoms with Crippen molar-refractivity contribution in [1.29, 1.82) is 0 Å². The third-order valence-electron chi connectivity index (χ3n) is 4.11. The second-order valence-electron chi connectivity index (χ2n) is 6.23. The van der Waals surface area contributed by atoms with E-state index in [-0.39, 0.29) is 18.0 Å². The number of benzene rings is 2. The number of para-hydroxylation sites is 1. The maximum absolute atomic E-state index is 11.9. The maximum Gasteiger partial charge on any atom is 0.293 e. The van der Waals surface area contributed by atoms with Gasteiger partial charge in [-0.1, -0.05) is 24.3 Å². The Kier molecular flexibility index (Phi) is 6.30. The Morgan fingerprint density at radius 1 is 1.31 bits per heavy atom. The zero-order valence-electron chi connectivity index (χ0n) is 15.9. The number of amides is 1. The lowest BCUT2D eigenvalue weighted by Crippen LogP contribution is -2.20. The number of nitrogens with one attached hydrogen (secondary N) is 1. The first-order valence-electron chi connectivity index (χ1n) is 8.74. The van der Waals surface area contributed by atoms with E-state index in [2.05, 4.69) is 15.5 Å². The van der Waals surface area contributed by atoms with Crippen molar-refractivity contribution in [3.05, 3.63) is 80.3 Å². The van der Waals surface area contributed by atoms with Crippen molar-refractivity contribution >= 4 is 40.5 Å². The molecule has 0 spiro atoms. The standard InChI is InChI=1S/C20H19N5O3S/c1-14-22-16(13-29-14)11-20(26)23-21-12-15-8-9-18(19(10-15)25(27)28)24(2)17-6-4-3-5-7-17/h3-10,12-13H,11H2,1-2H3,(H,23,26)/b21-12-. The van der Waals surface area contributed by atoms with Crippen LogP contribution >= 0.6 is 11.3 Å². The topological polar surface area (TPSA) is 101 Å². The highest BCUT2D eigenvalue weighted by Gasteiger charge is 2.18. The molecule has 148 valence electrons. The van der Waals surface area contributed by atoms with Gasteiger partial charge in [-0.3, -0.25) is 14.9 Å². The van der Waals surface area contributed by atoms with E-state index in [1.165, 1.54) is 23.6 Å². The van der Waals surface area contributed by atoms with Crippen LogP contribution in [0.1, 0.15) is 16.3 Å². The van der Waals surface area contributed by atoms with Gasteiger partial charge in [0.2, 0.25) is 5.91 Å². The third-order valence-corrected chi connectivity index (χ3v) is 4.93. The van der Waals surface area contributed by atoms with Crippen LogP contribution in [0, 0.1) is 17.0 Å². The Balaban J connectivity index is 1.72. The van der Waals surface area contributed by atoms with Crippen LogP contribution in [-0.4, -0.2) is 29.1 Å². The van der Waals surface area contributed by atoms with Gasteiger partial charge in [-0.25, -0.2) is 10.4 Å². The van der Waals surface area contributed by atoms with E-state index in [9.17, 15) is 14.9 Å². The maximum atomic E-state index is 11.9. The van der Waals surface area contributed by atoms with E-state index in [0.29, 0.717) is 16.9 Å². The molecule has 1 aromatic heterocycles. The van der Waals surface area contributed by atoms with E-state index in [4.69, 9.17) is 0 Å². The first-order valence-corrected chi connectivity index (χ1v) is 9.62. The summed E-state index contributed by atoms with van der Waals surface area (Å²) in [7, 11) is 1.77. The molecule has 0 atom stereocenters. The van der Waals surface area contributed by atoms with Gasteiger partial charge >= 0.3 is 0 Å². The molecule has 1 heterocycles. The molecule has 29 heavy (non-hydrogen) atoms. The van der Waals surface area contributed by atoms with Crippen LogP contribution in [0.4, 0.5) is 17.1 Å². The van der Waals surface area contributed by atoms with Crippen LogP contribution in [0.3, 0.4) is 0 Å². The van der Waals surface area contributed by atoms with Crippen molar-refractivity contribution in [3.63, 3.8) is 0 Å². The molecule has 9 heteroatoms. The van der Waals surface area contributed by atoms with Gasteiger partial charge in [0, 0.05) is 29.7 Å². The normalized spacial score (nSPS) is 10.8. The molecule has 0 unspecified atom stereocenters. The number of nitro benzene ring substituents is 1. The minimum atomic E-state index is -0.435. The molecule has 0 saturated heterocycles. The number of carbonyl (C=O) groups excluding carboxylic acids is 1. The molecule has 3 rings (SSSR count). The fourth-order valence-electron chi connectivity index (χ4n) is 2.71. The summed E-state index contributed by atoms with van der Waals surface area (Å²) < 4.78 is 0. The summed E-state index contributed by atoms with van der Waals surface area (Å²) in [6.07, 6.45) is 1.51. The van der Waals surface area contributed by atoms with Crippen LogP contribution in [0.25, 0.3) is 0 Å². The van der Waals surface area contributed by atoms with Gasteiger partial charge in [0.05, 0.1) is 28.3 Å². The van der Waals surface area contributed by atoms with E-state index in [0.717, 1.165) is 10.7 Å². The Morgan fingerprint density at radius 2 is 2.07 bits per heavy atom. The highest BCUT2D eigenvalue weighted by molar-refractivity contribution is 7.09. The van der Waals surface area contributed by atoms with E-state index < -0.39 is 4.92 Å². The van der Waals surface area contributed by atoms with Crippen LogP contribution < -0.4 is 10.3 Å². The number of aryl methyl sites for hydroxylation is 1. The summed E-state index contributed by atoms with van der Waals surface area (Å²) in [6.45, 7) is 1.87. The average molecular weight is 409 g/mol. The minimum Gasteiger partial charge on any atom is -0.339 e. The lowest BCUT2D eigenvalue weighted by atomic mass is 10.1. The number of hydrogen-bond donors (Lipinski definition) is 1. The van der Waals surface area contributed by atoms with Crippen LogP contribution in [-0.2, 0) is 11.2 Å². The number of rotatable bonds is 7. The third kappa shape index (κ3) is 5.23. The number of carbonyl (C=O) groups is 1. The SMILES string of the molecule is Cc1nc(CC(=O)N/N=C\c2ccc(N(C)c3ccccc3)c([N+](=O)[O-])c2)cs1. The van der Waals surface area contributed by atoms with Gasteiger partial charge < -0.3 is 4.90 Å². The molecule has 8 nitrogen and oxygen atoms in total. The summed E-state index contributed by atoms with van der Waals surface area (Å²) >= 11 is 1.48. The average Bonchev–Trinajstić information content (AvgIpc) is 3.12. The molecule has 0 radical (unpaired) electrons. The first-order chi connectivity index (χ1) is 13.9. The summed E-state index contributed by atoms with van der Waals surface area (Å²) in [6, 6.07) is 14.2. The number of anilines is 2. The summed E-state index contributed by atoms with van der Waals surface area (Å²) in [5.74, 6) is -0.304. The van der Waals surface area contributed by atoms with E-state index in [1.807, 2.05) is 42.6 Å². The number of hydrazone groups is 1. The molecular weight excluding hydrogens is 390 g/mol. The molecule has 0 saturated carbocycles. The Morgan fingerprint density at radius 3 is 2.72 bits per heavy atom. The molecule has 0 fully saturated rings. The van der Waals surface area contributed by atoms with E-state index >= 15 is 0 Å². The van der Waals surface area contributed by atoms with Crippen molar-refractivity contribution in [1.82, 2.24) is 10.4 Å². The van der Waals surface area contributed by atoms with Gasteiger partial charge in [-0.05, 0) is 25.1 Å². The summed E-state index contributed by atoms with van der Waals surface area (Å²) in [5, 5.41) is 18.2. The predicted octanol–water partition coefficient (Wildman–Crippen LogP) is 3.82. The second-order valence-corrected chi connectivity index (χ2v) is 7.29. The number of thiazole rings is 1. The number of aromatic nitrogens is 1. The van der Waals surface area contributed by atoms with Crippen molar-refractivity contribution in [3.8, 4) is 0 Å². The van der Waals surface area contributed by atoms with Gasteiger partial charge in [-0.2, -0.15) is 5.10 Å². The molecule has 0 bridgehead atoms. The smallest absolute Gasteiger partial charge is 0.293 e. The van der Waals surface area contributed by atoms with Gasteiger partial charge in [0.25, 0.3) is 5.69 Å². The molecule has 0 aliphatic rings. The fraction of sp³-hybridized carbons (Fsp3) is 0.150. The lowest BCUT2D eigenvalue weighted by molar-refractivity contribution is -0.384. The molecular formula is C20H19N5O3S. The highest BCUT2D eigenvalue weighted by atomic mass is 32.1. The molecule has 1 amide bonds. The Bertz CT molecular complexity index is 1050. The predicted molar refractivity (Wildman–Crippen MR) is 114 cm³/mol. The number of nitro groups is 1. The van der Waals surface area contributed by atoms with Gasteiger partial charge in [-0.15, -0.1) is 11.3 Å². The number of hydrogen-bond acceptors (Lipinski definition) is 7. The Labute approximate surface area is 171 Å². The zero-order chi connectivity index (χ0) is 20.8. The monoisotopic (exact) mass is 409 g/mol. The van der Waals surface area contributed by atoms with Crippen molar-refractivity contribution in [2.75, 3.05) is 11.9 Å². The largest absolute Gasteiger partial charge is 0.339 e. The Hall–Kier alpha value is -3.59. The first kappa shape index (κ1) is 20.2. The summed E-state index contributed by atoms with van der Waals surface area (Å²) in [5.41, 5.74) is 4.85. The van der Waals surface area contributed by atoms with Crippen molar-refractivity contribution < 1.29 is 9.72 Å². The molecule has 3 aromatic rings. The molecule has 0 aliphatic heterocycles. The molecule has 0 aliphatic carbocycles. The lowest BCUT2D eigenvalue weighted by Gasteiger charge is -2.19. The quantitative estimate of drug-likeness (QED) is 0.363. The molecule has 1 N–H and O–H groups in total.